The third-order valence-electron chi connectivity index (χ3n) is 2.83. The molecule has 0 saturated carbocycles. The lowest BCUT2D eigenvalue weighted by atomic mass is 9.98. The number of hydrogen-bond acceptors (Lipinski definition) is 4. The fourth-order valence-electron chi connectivity index (χ4n) is 2.00. The molecule has 1 atom stereocenters. The molecule has 2 rings (SSSR count). The maximum atomic E-state index is 10.8. The summed E-state index contributed by atoms with van der Waals surface area (Å²) in [5.74, 6) is -0.906. The highest BCUT2D eigenvalue weighted by atomic mass is 32.2. The third kappa shape index (κ3) is 2.91. The van der Waals surface area contributed by atoms with Gasteiger partial charge in [-0.05, 0) is 40.8 Å². The minimum atomic E-state index is -2.07. The summed E-state index contributed by atoms with van der Waals surface area (Å²) in [5, 5.41) is 8.87. The number of hydrogen-bond donors (Lipinski definition) is 1. The van der Waals surface area contributed by atoms with Crippen molar-refractivity contribution in [2.24, 2.45) is 0 Å². The molecule has 0 saturated heterocycles. The van der Waals surface area contributed by atoms with Gasteiger partial charge in [0.15, 0.2) is 0 Å². The van der Waals surface area contributed by atoms with Gasteiger partial charge < -0.3 is 9.66 Å². The molecule has 0 fully saturated rings. The van der Waals surface area contributed by atoms with E-state index in [4.69, 9.17) is 5.11 Å². The van der Waals surface area contributed by atoms with E-state index in [9.17, 15) is 13.6 Å². The molecule has 1 aromatic rings. The molecule has 1 aromatic carbocycles. The first-order chi connectivity index (χ1) is 8.06. The van der Waals surface area contributed by atoms with Crippen LogP contribution in [0.15, 0.2) is 18.2 Å². The normalized spacial score (nSPS) is 17.5. The predicted molar refractivity (Wildman–Crippen MR) is 61.3 cm³/mol. The van der Waals surface area contributed by atoms with Crippen LogP contribution in [0.4, 0.5) is 0 Å². The summed E-state index contributed by atoms with van der Waals surface area (Å²) in [4.78, 5) is 12.6. The summed E-state index contributed by atoms with van der Waals surface area (Å²) in [6.45, 7) is 1.20. The van der Waals surface area contributed by atoms with Crippen molar-refractivity contribution in [3.8, 4) is 0 Å². The molecule has 0 bridgehead atoms. The first-order valence-electron chi connectivity index (χ1n) is 5.19. The Balaban J connectivity index is 2.17. The maximum Gasteiger partial charge on any atom is 0.335 e. The van der Waals surface area contributed by atoms with Crippen molar-refractivity contribution in [2.45, 2.75) is 13.0 Å². The predicted octanol–water partition coefficient (Wildman–Crippen LogP) is 0.580. The summed E-state index contributed by atoms with van der Waals surface area (Å²) < 4.78 is 21.2. The Kier molecular flexibility index (Phi) is 3.56. The molecule has 0 radical (unpaired) electrons. The van der Waals surface area contributed by atoms with Gasteiger partial charge in [0.2, 0.25) is 0 Å². The van der Waals surface area contributed by atoms with E-state index in [0.717, 1.165) is 11.1 Å². The second-order valence-electron chi connectivity index (χ2n) is 4.02. The molecular formula is C11H12NO4S-. The molecule has 6 heteroatoms. The maximum absolute atomic E-state index is 10.8. The molecule has 0 aromatic heterocycles. The average molecular weight is 254 g/mol. The Morgan fingerprint density at radius 3 is 2.88 bits per heavy atom. The van der Waals surface area contributed by atoms with E-state index in [0.29, 0.717) is 19.5 Å². The highest BCUT2D eigenvalue weighted by Crippen LogP contribution is 2.20. The van der Waals surface area contributed by atoms with Gasteiger partial charge in [-0.15, -0.1) is 0 Å². The van der Waals surface area contributed by atoms with E-state index >= 15 is 0 Å². The fourth-order valence-corrected chi connectivity index (χ4v) is 2.52. The number of benzene rings is 1. The van der Waals surface area contributed by atoms with Gasteiger partial charge in [-0.2, -0.15) is 0 Å². The molecule has 92 valence electrons. The number of carboxylic acids is 1. The Morgan fingerprint density at radius 2 is 2.24 bits per heavy atom. The molecular weight excluding hydrogens is 242 g/mol. The van der Waals surface area contributed by atoms with Crippen LogP contribution in [0.1, 0.15) is 21.5 Å². The lowest BCUT2D eigenvalue weighted by molar-refractivity contribution is 0.0696. The summed E-state index contributed by atoms with van der Waals surface area (Å²) in [6, 6.07) is 4.99. The fraction of sp³-hybridized carbons (Fsp3) is 0.364. The first kappa shape index (κ1) is 12.2. The molecule has 1 aliphatic heterocycles. The molecule has 0 amide bonds. The van der Waals surface area contributed by atoms with Gasteiger partial charge in [0.1, 0.15) is 0 Å². The van der Waals surface area contributed by atoms with Crippen LogP contribution in [0, 0.1) is 0 Å². The van der Waals surface area contributed by atoms with Gasteiger partial charge >= 0.3 is 5.97 Å². The number of carboxylic acid groups (broad SMARTS) is 1. The second-order valence-corrected chi connectivity index (χ2v) is 4.89. The van der Waals surface area contributed by atoms with Gasteiger partial charge in [0, 0.05) is 13.1 Å². The van der Waals surface area contributed by atoms with Crippen LogP contribution in [0.2, 0.25) is 0 Å². The van der Waals surface area contributed by atoms with Gasteiger partial charge in [-0.25, -0.2) is 4.79 Å². The van der Waals surface area contributed by atoms with Gasteiger partial charge in [-0.1, -0.05) is 6.07 Å². The zero-order chi connectivity index (χ0) is 12.4. The van der Waals surface area contributed by atoms with Crippen molar-refractivity contribution in [1.29, 1.82) is 0 Å². The Morgan fingerprint density at radius 1 is 1.47 bits per heavy atom. The molecule has 1 unspecified atom stereocenters. The zero-order valence-corrected chi connectivity index (χ0v) is 9.90. The highest BCUT2D eigenvalue weighted by molar-refractivity contribution is 7.79. The summed E-state index contributed by atoms with van der Waals surface area (Å²) in [5.41, 5.74) is 2.29. The Labute approximate surface area is 101 Å². The van der Waals surface area contributed by atoms with Gasteiger partial charge in [-0.3, -0.25) is 9.11 Å². The largest absolute Gasteiger partial charge is 0.771 e. The number of rotatable bonds is 3. The lowest BCUT2D eigenvalue weighted by Gasteiger charge is -2.29. The lowest BCUT2D eigenvalue weighted by Crippen LogP contribution is -2.33. The first-order valence-corrected chi connectivity index (χ1v) is 6.44. The number of nitrogens with zero attached hydrogens (tertiary/aromatic N) is 1. The van der Waals surface area contributed by atoms with Crippen molar-refractivity contribution in [1.82, 2.24) is 4.90 Å². The van der Waals surface area contributed by atoms with E-state index in [1.807, 2.05) is 4.90 Å². The summed E-state index contributed by atoms with van der Waals surface area (Å²) in [7, 11) is 0. The molecule has 5 nitrogen and oxygen atoms in total. The van der Waals surface area contributed by atoms with Crippen molar-refractivity contribution in [3.63, 3.8) is 0 Å². The molecule has 17 heavy (non-hydrogen) atoms. The van der Waals surface area contributed by atoms with Crippen LogP contribution in [-0.2, 0) is 24.0 Å². The zero-order valence-electron chi connectivity index (χ0n) is 9.09. The number of carbonyl (C=O) groups is 1. The monoisotopic (exact) mass is 254 g/mol. The van der Waals surface area contributed by atoms with Crippen LogP contribution >= 0.6 is 0 Å². The Hall–Kier alpha value is -1.24. The summed E-state index contributed by atoms with van der Waals surface area (Å²) in [6.07, 6.45) is 0.688. The molecule has 1 aliphatic rings. The van der Waals surface area contributed by atoms with E-state index < -0.39 is 17.0 Å². The number of aromatic carboxylic acids is 1. The van der Waals surface area contributed by atoms with Crippen LogP contribution in [0.5, 0.6) is 0 Å². The van der Waals surface area contributed by atoms with Crippen molar-refractivity contribution >= 4 is 17.0 Å². The van der Waals surface area contributed by atoms with Gasteiger partial charge in [0.25, 0.3) is 0 Å². The van der Waals surface area contributed by atoms with E-state index in [2.05, 4.69) is 0 Å². The third-order valence-corrected chi connectivity index (χ3v) is 3.41. The minimum Gasteiger partial charge on any atom is -0.771 e. The van der Waals surface area contributed by atoms with Crippen LogP contribution < -0.4 is 0 Å². The van der Waals surface area contributed by atoms with Crippen LogP contribution in [0.3, 0.4) is 0 Å². The smallest absolute Gasteiger partial charge is 0.335 e. The highest BCUT2D eigenvalue weighted by Gasteiger charge is 2.17. The topological polar surface area (TPSA) is 80.7 Å². The minimum absolute atomic E-state index is 0.0279. The van der Waals surface area contributed by atoms with Crippen LogP contribution in [-0.4, -0.2) is 37.2 Å². The van der Waals surface area contributed by atoms with Crippen molar-refractivity contribution < 1.29 is 18.7 Å². The van der Waals surface area contributed by atoms with Crippen LogP contribution in [0.25, 0.3) is 0 Å². The quantitative estimate of drug-likeness (QED) is 0.798. The molecule has 1 heterocycles. The number of fused-ring (bicyclic) bond motifs is 1. The van der Waals surface area contributed by atoms with E-state index in [1.165, 1.54) is 0 Å². The van der Waals surface area contributed by atoms with Crippen molar-refractivity contribution in [2.75, 3.05) is 12.4 Å². The molecule has 0 spiro atoms. The SMILES string of the molecule is O=C(O)c1ccc2c(c1)CCN(CS(=O)[O-])C2. The standard InChI is InChI=1S/C11H13NO4S/c13-11(14)9-1-2-10-6-12(7-17(15)16)4-3-8(10)5-9/h1-2,5H,3-4,6-7H2,(H,13,14)(H,15,16)/p-1. The molecule has 0 aliphatic carbocycles. The average Bonchev–Trinajstić information content (AvgIpc) is 2.27. The molecule has 1 N–H and O–H groups in total. The van der Waals surface area contributed by atoms with E-state index in [1.54, 1.807) is 18.2 Å². The Bertz CT molecular complexity index is 475. The van der Waals surface area contributed by atoms with Crippen molar-refractivity contribution in [3.05, 3.63) is 34.9 Å². The van der Waals surface area contributed by atoms with Gasteiger partial charge in [0.05, 0.1) is 11.4 Å². The summed E-state index contributed by atoms with van der Waals surface area (Å²) >= 11 is -2.07. The second kappa shape index (κ2) is 4.95. The van der Waals surface area contributed by atoms with E-state index in [-0.39, 0.29) is 11.4 Å².